The third-order valence-corrected chi connectivity index (χ3v) is 5.03. The molecule has 1 unspecified atom stereocenters. The molecule has 1 fully saturated rings. The molecule has 0 bridgehead atoms. The molecule has 8 nitrogen and oxygen atoms in total. The number of benzene rings is 1. The Morgan fingerprint density at radius 2 is 1.93 bits per heavy atom. The van der Waals surface area contributed by atoms with Gasteiger partial charge in [-0.25, -0.2) is 4.79 Å². The normalized spacial score (nSPS) is 18.9. The van der Waals surface area contributed by atoms with E-state index in [0.717, 1.165) is 12.8 Å². The molecule has 0 aliphatic heterocycles. The summed E-state index contributed by atoms with van der Waals surface area (Å²) in [4.78, 5) is 48.9. The second kappa shape index (κ2) is 9.54. The highest BCUT2D eigenvalue weighted by Crippen LogP contribution is 2.42. The number of halogens is 1. The maximum atomic E-state index is 12.9. The van der Waals surface area contributed by atoms with Crippen LogP contribution in [0.1, 0.15) is 38.2 Å². The predicted molar refractivity (Wildman–Crippen MR) is 100 cm³/mol. The van der Waals surface area contributed by atoms with E-state index in [1.807, 2.05) is 0 Å². The molecule has 1 atom stereocenters. The van der Waals surface area contributed by atoms with E-state index < -0.39 is 24.4 Å². The number of likely N-dealkylation sites (N-methyl/N-ethyl adjacent to an activating group) is 1. The summed E-state index contributed by atoms with van der Waals surface area (Å²) in [5.74, 6) is -1.25. The van der Waals surface area contributed by atoms with E-state index in [0.29, 0.717) is 23.4 Å². The molecule has 1 aromatic rings. The van der Waals surface area contributed by atoms with Crippen LogP contribution in [0.25, 0.3) is 0 Å². The fraction of sp³-hybridized carbons (Fsp3) is 0.474. The van der Waals surface area contributed by atoms with Crippen LogP contribution in [0.4, 0.5) is 4.79 Å². The highest BCUT2D eigenvalue weighted by molar-refractivity contribution is 6.31. The number of Topliss-reactive ketones (excluding diaryl/α,β-unsaturated/α-hetero) is 1. The zero-order valence-electron chi connectivity index (χ0n) is 15.8. The van der Waals surface area contributed by atoms with E-state index in [2.05, 4.69) is 5.32 Å². The summed E-state index contributed by atoms with van der Waals surface area (Å²) in [5, 5.41) is 2.66. The molecule has 0 radical (unpaired) electrons. The van der Waals surface area contributed by atoms with Crippen molar-refractivity contribution in [2.24, 2.45) is 0 Å². The van der Waals surface area contributed by atoms with E-state index in [9.17, 15) is 19.2 Å². The Morgan fingerprint density at radius 1 is 1.21 bits per heavy atom. The van der Waals surface area contributed by atoms with Gasteiger partial charge in [-0.15, -0.1) is 0 Å². The van der Waals surface area contributed by atoms with Crippen molar-refractivity contribution in [3.8, 4) is 0 Å². The van der Waals surface area contributed by atoms with Gasteiger partial charge in [0.2, 0.25) is 12.7 Å². The Hall–Kier alpha value is -2.61. The zero-order valence-corrected chi connectivity index (χ0v) is 16.6. The lowest BCUT2D eigenvalue weighted by Crippen LogP contribution is -2.54. The molecule has 0 saturated heterocycles. The smallest absolute Gasteiger partial charge is 0.413 e. The van der Waals surface area contributed by atoms with E-state index in [4.69, 9.17) is 21.1 Å². The Kier molecular flexibility index (Phi) is 7.39. The monoisotopic (exact) mass is 410 g/mol. The van der Waals surface area contributed by atoms with Crippen LogP contribution in [0.5, 0.6) is 0 Å². The summed E-state index contributed by atoms with van der Waals surface area (Å²) in [6.07, 6.45) is 1.43. The van der Waals surface area contributed by atoms with Crippen molar-refractivity contribution >= 4 is 35.4 Å². The molecule has 0 spiro atoms. The van der Waals surface area contributed by atoms with Crippen LogP contribution < -0.4 is 5.32 Å². The summed E-state index contributed by atoms with van der Waals surface area (Å²) in [6, 6.07) is 6.90. The van der Waals surface area contributed by atoms with E-state index in [1.54, 1.807) is 24.3 Å². The van der Waals surface area contributed by atoms with Gasteiger partial charge in [0, 0.05) is 31.0 Å². The fourth-order valence-corrected chi connectivity index (χ4v) is 3.57. The van der Waals surface area contributed by atoms with Crippen LogP contribution in [-0.4, -0.2) is 49.0 Å². The van der Waals surface area contributed by atoms with Crippen LogP contribution in [-0.2, 0) is 29.4 Å². The van der Waals surface area contributed by atoms with Crippen molar-refractivity contribution in [1.29, 1.82) is 0 Å². The van der Waals surface area contributed by atoms with Crippen molar-refractivity contribution in [3.63, 3.8) is 0 Å². The number of carbonyl (C=O) groups is 4. The summed E-state index contributed by atoms with van der Waals surface area (Å²) < 4.78 is 9.76. The molecule has 0 heterocycles. The van der Waals surface area contributed by atoms with Gasteiger partial charge in [0.05, 0.1) is 0 Å². The van der Waals surface area contributed by atoms with E-state index in [-0.39, 0.29) is 18.2 Å². The summed E-state index contributed by atoms with van der Waals surface area (Å²) in [5.41, 5.74) is -0.683. The topological polar surface area (TPSA) is 102 Å². The molecule has 1 aliphatic carbocycles. The summed E-state index contributed by atoms with van der Waals surface area (Å²) in [7, 11) is 1.47. The molecule has 28 heavy (non-hydrogen) atoms. The Bertz CT molecular complexity index is 769. The number of ether oxygens (including phenoxy) is 2. The number of ketones is 1. The minimum absolute atomic E-state index is 0.117. The number of nitrogens with zero attached hydrogens (tertiary/aromatic N) is 1. The Labute approximate surface area is 168 Å². The lowest BCUT2D eigenvalue weighted by atomic mass is 9.74. The number of rotatable bonds is 6. The fourth-order valence-electron chi connectivity index (χ4n) is 3.28. The van der Waals surface area contributed by atoms with Crippen molar-refractivity contribution in [3.05, 3.63) is 34.9 Å². The van der Waals surface area contributed by atoms with Crippen molar-refractivity contribution < 1.29 is 28.7 Å². The number of nitrogens with one attached hydrogen (secondary N) is 1. The van der Waals surface area contributed by atoms with E-state index in [1.165, 1.54) is 18.9 Å². The lowest BCUT2D eigenvalue weighted by molar-refractivity contribution is -0.153. The van der Waals surface area contributed by atoms with Crippen molar-refractivity contribution in [2.75, 3.05) is 20.4 Å². The second-order valence-corrected chi connectivity index (χ2v) is 6.89. The molecule has 1 N–H and O–H groups in total. The molecule has 2 amide bonds. The average molecular weight is 411 g/mol. The highest BCUT2D eigenvalue weighted by atomic mass is 35.5. The van der Waals surface area contributed by atoms with Gasteiger partial charge < -0.3 is 14.8 Å². The molecule has 152 valence electrons. The number of hydrogen-bond acceptors (Lipinski definition) is 6. The first-order valence-corrected chi connectivity index (χ1v) is 9.26. The number of carbonyl (C=O) groups excluding carboxylic acids is 4. The minimum Gasteiger partial charge on any atom is -0.426 e. The number of hydrogen-bond donors (Lipinski definition) is 1. The van der Waals surface area contributed by atoms with Gasteiger partial charge in [0.1, 0.15) is 12.1 Å². The largest absolute Gasteiger partial charge is 0.426 e. The standard InChI is InChI=1S/C19H23ClN2O6/c1-13(23)21-11-17(25)27-12-28-18(26)22(2)19(10-6-5-9-16(19)24)14-7-3-4-8-15(14)20/h3-4,7-8H,5-6,9-12H2,1-2H3,(H,21,23). The highest BCUT2D eigenvalue weighted by Gasteiger charge is 2.48. The van der Waals surface area contributed by atoms with Gasteiger partial charge in [-0.1, -0.05) is 29.8 Å². The summed E-state index contributed by atoms with van der Waals surface area (Å²) >= 11 is 6.33. The molecule has 1 saturated carbocycles. The second-order valence-electron chi connectivity index (χ2n) is 6.48. The molecule has 9 heteroatoms. The molecule has 1 aliphatic rings. The van der Waals surface area contributed by atoms with Gasteiger partial charge in [-0.05, 0) is 25.3 Å². The third-order valence-electron chi connectivity index (χ3n) is 4.70. The van der Waals surface area contributed by atoms with Crippen LogP contribution in [0, 0.1) is 0 Å². The van der Waals surface area contributed by atoms with Crippen molar-refractivity contribution in [2.45, 2.75) is 38.1 Å². The first-order valence-electron chi connectivity index (χ1n) is 8.88. The SMILES string of the molecule is CC(=O)NCC(=O)OCOC(=O)N(C)C1(c2ccccc2Cl)CCCCC1=O. The molecule has 2 rings (SSSR count). The van der Waals surface area contributed by atoms with Gasteiger partial charge in [0.25, 0.3) is 0 Å². The van der Waals surface area contributed by atoms with Crippen LogP contribution >= 0.6 is 11.6 Å². The number of amides is 2. The van der Waals surface area contributed by atoms with Crippen LogP contribution in [0.2, 0.25) is 5.02 Å². The Balaban J connectivity index is 2.11. The lowest BCUT2D eigenvalue weighted by Gasteiger charge is -2.43. The molecular formula is C19H23ClN2O6. The quantitative estimate of drug-likeness (QED) is 0.570. The van der Waals surface area contributed by atoms with Gasteiger partial charge in [-0.3, -0.25) is 19.3 Å². The van der Waals surface area contributed by atoms with Crippen molar-refractivity contribution in [1.82, 2.24) is 10.2 Å². The maximum Gasteiger partial charge on any atom is 0.413 e. The molecule has 0 aromatic heterocycles. The third kappa shape index (κ3) is 4.81. The Morgan fingerprint density at radius 3 is 2.57 bits per heavy atom. The first kappa shape index (κ1) is 21.7. The molecule has 1 aromatic carbocycles. The first-order chi connectivity index (χ1) is 13.3. The maximum absolute atomic E-state index is 12.9. The predicted octanol–water partition coefficient (Wildman–Crippen LogP) is 2.38. The van der Waals surface area contributed by atoms with Crippen LogP contribution in [0.3, 0.4) is 0 Å². The zero-order chi connectivity index (χ0) is 20.7. The van der Waals surface area contributed by atoms with Crippen LogP contribution in [0.15, 0.2) is 24.3 Å². The van der Waals surface area contributed by atoms with E-state index >= 15 is 0 Å². The average Bonchev–Trinajstić information content (AvgIpc) is 2.67. The minimum atomic E-state index is -1.23. The molecular weight excluding hydrogens is 388 g/mol. The van der Waals surface area contributed by atoms with Gasteiger partial charge >= 0.3 is 12.1 Å². The summed E-state index contributed by atoms with van der Waals surface area (Å²) in [6.45, 7) is 0.302. The van der Waals surface area contributed by atoms with Gasteiger partial charge in [-0.2, -0.15) is 0 Å². The van der Waals surface area contributed by atoms with Gasteiger partial charge in [0.15, 0.2) is 5.78 Å². The number of esters is 1.